The van der Waals surface area contributed by atoms with Crippen LogP contribution in [0.5, 0.6) is 0 Å². The number of benzene rings is 1. The van der Waals surface area contributed by atoms with Crippen molar-refractivity contribution >= 4 is 17.5 Å². The average molecular weight is 266 g/mol. The fourth-order valence-corrected chi connectivity index (χ4v) is 1.40. The van der Waals surface area contributed by atoms with Crippen molar-refractivity contribution in [3.05, 3.63) is 35.4 Å². The molecule has 0 bridgehead atoms. The van der Waals surface area contributed by atoms with E-state index in [4.69, 9.17) is 11.6 Å². The van der Waals surface area contributed by atoms with E-state index in [0.717, 1.165) is 12.1 Å². The maximum Gasteiger partial charge on any atom is 0.416 e. The number of amides is 1. The Morgan fingerprint density at radius 1 is 1.35 bits per heavy atom. The molecule has 2 nitrogen and oxygen atoms in total. The van der Waals surface area contributed by atoms with E-state index in [1.165, 1.54) is 12.1 Å². The van der Waals surface area contributed by atoms with Crippen molar-refractivity contribution in [3.63, 3.8) is 0 Å². The van der Waals surface area contributed by atoms with E-state index >= 15 is 0 Å². The maximum absolute atomic E-state index is 12.3. The van der Waals surface area contributed by atoms with E-state index in [1.54, 1.807) is 6.92 Å². The van der Waals surface area contributed by atoms with Crippen LogP contribution in [0.25, 0.3) is 0 Å². The van der Waals surface area contributed by atoms with Gasteiger partial charge < -0.3 is 5.32 Å². The highest BCUT2D eigenvalue weighted by Gasteiger charge is 2.30. The molecule has 0 saturated heterocycles. The van der Waals surface area contributed by atoms with Gasteiger partial charge in [-0.05, 0) is 24.6 Å². The molecule has 1 N–H and O–H groups in total. The number of hydrogen-bond donors (Lipinski definition) is 1. The minimum Gasteiger partial charge on any atom is -0.349 e. The van der Waals surface area contributed by atoms with Crippen LogP contribution >= 0.6 is 11.6 Å². The lowest BCUT2D eigenvalue weighted by Crippen LogP contribution is -2.27. The summed E-state index contributed by atoms with van der Waals surface area (Å²) in [7, 11) is 0. The number of halogens is 4. The van der Waals surface area contributed by atoms with Gasteiger partial charge in [-0.25, -0.2) is 0 Å². The fourth-order valence-electron chi connectivity index (χ4n) is 1.32. The SMILES string of the molecule is CC(NC(=O)CCl)c1ccc(C(F)(F)F)cc1. The lowest BCUT2D eigenvalue weighted by atomic mass is 10.1. The van der Waals surface area contributed by atoms with Gasteiger partial charge in [0.25, 0.3) is 0 Å². The first kappa shape index (κ1) is 13.8. The molecule has 94 valence electrons. The monoisotopic (exact) mass is 265 g/mol. The van der Waals surface area contributed by atoms with Crippen molar-refractivity contribution in [2.45, 2.75) is 19.1 Å². The van der Waals surface area contributed by atoms with Gasteiger partial charge in [0, 0.05) is 0 Å². The molecule has 1 unspecified atom stereocenters. The summed E-state index contributed by atoms with van der Waals surface area (Å²) in [5.74, 6) is -0.538. The lowest BCUT2D eigenvalue weighted by Gasteiger charge is -2.14. The van der Waals surface area contributed by atoms with E-state index in [1.807, 2.05) is 0 Å². The molecule has 0 spiro atoms. The fraction of sp³-hybridized carbons (Fsp3) is 0.364. The molecule has 17 heavy (non-hydrogen) atoms. The van der Waals surface area contributed by atoms with E-state index in [-0.39, 0.29) is 17.8 Å². The van der Waals surface area contributed by atoms with E-state index in [2.05, 4.69) is 5.32 Å². The van der Waals surface area contributed by atoms with Crippen LogP contribution in [0.15, 0.2) is 24.3 Å². The van der Waals surface area contributed by atoms with Gasteiger partial charge in [0.05, 0.1) is 11.6 Å². The van der Waals surface area contributed by atoms with Crippen LogP contribution in [0, 0.1) is 0 Å². The molecular weight excluding hydrogens is 255 g/mol. The minimum absolute atomic E-state index is 0.176. The zero-order valence-electron chi connectivity index (χ0n) is 9.01. The van der Waals surface area contributed by atoms with Crippen molar-refractivity contribution in [1.82, 2.24) is 5.32 Å². The molecular formula is C11H11ClF3NO. The first-order chi connectivity index (χ1) is 7.84. The Morgan fingerprint density at radius 3 is 2.29 bits per heavy atom. The Balaban J connectivity index is 2.77. The summed E-state index contributed by atoms with van der Waals surface area (Å²) in [6, 6.07) is 4.27. The minimum atomic E-state index is -4.35. The predicted molar refractivity (Wildman–Crippen MR) is 58.7 cm³/mol. The first-order valence-corrected chi connectivity index (χ1v) is 5.40. The maximum atomic E-state index is 12.3. The number of rotatable bonds is 3. The average Bonchev–Trinajstić information content (AvgIpc) is 2.27. The quantitative estimate of drug-likeness (QED) is 0.836. The van der Waals surface area contributed by atoms with Crippen molar-refractivity contribution in [1.29, 1.82) is 0 Å². The zero-order valence-corrected chi connectivity index (χ0v) is 9.77. The van der Waals surface area contributed by atoms with Crippen LogP contribution in [0.4, 0.5) is 13.2 Å². The highest BCUT2D eigenvalue weighted by atomic mass is 35.5. The normalized spacial score (nSPS) is 13.2. The van der Waals surface area contributed by atoms with Crippen LogP contribution < -0.4 is 5.32 Å². The second kappa shape index (κ2) is 5.40. The van der Waals surface area contributed by atoms with E-state index in [9.17, 15) is 18.0 Å². The number of carbonyl (C=O) groups is 1. The molecule has 1 aromatic rings. The smallest absolute Gasteiger partial charge is 0.349 e. The van der Waals surface area contributed by atoms with Gasteiger partial charge in [0.1, 0.15) is 5.88 Å². The van der Waals surface area contributed by atoms with Gasteiger partial charge in [-0.15, -0.1) is 11.6 Å². The Morgan fingerprint density at radius 2 is 1.88 bits per heavy atom. The Bertz CT molecular complexity index is 389. The van der Waals surface area contributed by atoms with Crippen LogP contribution in [0.1, 0.15) is 24.1 Å². The molecule has 0 aliphatic rings. The third-order valence-electron chi connectivity index (χ3n) is 2.24. The molecule has 1 aromatic carbocycles. The van der Waals surface area contributed by atoms with Crippen LogP contribution in [0.3, 0.4) is 0 Å². The molecule has 6 heteroatoms. The van der Waals surface area contributed by atoms with Gasteiger partial charge in [-0.1, -0.05) is 12.1 Å². The summed E-state index contributed by atoms with van der Waals surface area (Å²) < 4.78 is 36.9. The van der Waals surface area contributed by atoms with Crippen molar-refractivity contribution in [2.24, 2.45) is 0 Å². The molecule has 1 atom stereocenters. The Kier molecular flexibility index (Phi) is 4.40. The Labute approximate surface area is 102 Å². The second-order valence-corrected chi connectivity index (χ2v) is 3.81. The van der Waals surface area contributed by atoms with Crippen molar-refractivity contribution in [3.8, 4) is 0 Å². The number of hydrogen-bond acceptors (Lipinski definition) is 1. The van der Waals surface area contributed by atoms with E-state index in [0.29, 0.717) is 5.56 Å². The lowest BCUT2D eigenvalue weighted by molar-refractivity contribution is -0.137. The van der Waals surface area contributed by atoms with Crippen LogP contribution in [-0.2, 0) is 11.0 Å². The molecule has 1 amide bonds. The van der Waals surface area contributed by atoms with Crippen molar-refractivity contribution in [2.75, 3.05) is 5.88 Å². The van der Waals surface area contributed by atoms with Crippen LogP contribution in [-0.4, -0.2) is 11.8 Å². The molecule has 0 heterocycles. The number of alkyl halides is 4. The van der Waals surface area contributed by atoms with Gasteiger partial charge >= 0.3 is 6.18 Å². The third kappa shape index (κ3) is 3.93. The van der Waals surface area contributed by atoms with Crippen molar-refractivity contribution < 1.29 is 18.0 Å². The third-order valence-corrected chi connectivity index (χ3v) is 2.48. The van der Waals surface area contributed by atoms with Gasteiger partial charge in [-0.3, -0.25) is 4.79 Å². The Hall–Kier alpha value is -1.23. The molecule has 0 aliphatic carbocycles. The standard InChI is InChI=1S/C11H11ClF3NO/c1-7(16-10(17)6-12)8-2-4-9(5-3-8)11(13,14)15/h2-5,7H,6H2,1H3,(H,16,17). The first-order valence-electron chi connectivity index (χ1n) is 4.87. The topological polar surface area (TPSA) is 29.1 Å². The highest BCUT2D eigenvalue weighted by molar-refractivity contribution is 6.27. The predicted octanol–water partition coefficient (Wildman–Crippen LogP) is 3.12. The zero-order chi connectivity index (χ0) is 13.1. The number of nitrogens with one attached hydrogen (secondary N) is 1. The summed E-state index contributed by atoms with van der Waals surface area (Å²) in [6.07, 6.45) is -4.35. The van der Waals surface area contributed by atoms with Gasteiger partial charge in [0.15, 0.2) is 0 Å². The summed E-state index contributed by atoms with van der Waals surface area (Å²) in [6.45, 7) is 1.67. The molecule has 0 radical (unpaired) electrons. The summed E-state index contributed by atoms with van der Waals surface area (Å²) in [5.41, 5.74) is -0.117. The molecule has 1 rings (SSSR count). The highest BCUT2D eigenvalue weighted by Crippen LogP contribution is 2.29. The molecule has 0 fully saturated rings. The number of carbonyl (C=O) groups excluding carboxylic acids is 1. The van der Waals surface area contributed by atoms with Gasteiger partial charge in [0.2, 0.25) is 5.91 Å². The van der Waals surface area contributed by atoms with E-state index < -0.39 is 11.7 Å². The summed E-state index contributed by atoms with van der Waals surface area (Å²) in [5, 5.41) is 2.55. The van der Waals surface area contributed by atoms with Crippen LogP contribution in [0.2, 0.25) is 0 Å². The second-order valence-electron chi connectivity index (χ2n) is 3.54. The molecule has 0 aromatic heterocycles. The van der Waals surface area contributed by atoms with Gasteiger partial charge in [-0.2, -0.15) is 13.2 Å². The summed E-state index contributed by atoms with van der Waals surface area (Å²) in [4.78, 5) is 11.0. The molecule has 0 aliphatic heterocycles. The summed E-state index contributed by atoms with van der Waals surface area (Å²) >= 11 is 5.31. The molecule has 0 saturated carbocycles. The largest absolute Gasteiger partial charge is 0.416 e.